The number of hydrogen-bond donors (Lipinski definition) is 0. The molecule has 27 heavy (non-hydrogen) atoms. The Labute approximate surface area is 159 Å². The number of anilines is 1. The molecule has 1 saturated heterocycles. The molecule has 1 atom stereocenters. The summed E-state index contributed by atoms with van der Waals surface area (Å²) in [5, 5.41) is 8.31. The molecule has 0 N–H and O–H groups in total. The normalized spacial score (nSPS) is 16.8. The Kier molecular flexibility index (Phi) is 5.05. The van der Waals surface area contributed by atoms with Gasteiger partial charge in [-0.25, -0.2) is 4.68 Å². The zero-order valence-electron chi connectivity index (χ0n) is 15.7. The molecule has 1 aromatic heterocycles. The maximum absolute atomic E-state index is 12.6. The van der Waals surface area contributed by atoms with E-state index in [1.54, 1.807) is 0 Å². The van der Waals surface area contributed by atoms with Gasteiger partial charge in [-0.3, -0.25) is 4.79 Å². The number of hydrogen-bond acceptors (Lipinski definition) is 4. The van der Waals surface area contributed by atoms with Crippen LogP contribution in [-0.4, -0.2) is 52.5 Å². The quantitative estimate of drug-likeness (QED) is 0.676. The second kappa shape index (κ2) is 7.78. The van der Waals surface area contributed by atoms with Gasteiger partial charge >= 0.3 is 0 Å². The number of carbonyl (C=O) groups excluding carboxylic acids is 1. The van der Waals surface area contributed by atoms with Crippen LogP contribution in [0.1, 0.15) is 12.8 Å². The fraction of sp³-hybridized carbons (Fsp3) is 0.381. The van der Waals surface area contributed by atoms with Crippen LogP contribution in [-0.2, 0) is 11.3 Å². The van der Waals surface area contributed by atoms with E-state index in [0.29, 0.717) is 18.9 Å². The molecule has 1 fully saturated rings. The standard InChI is InChI=1S/C21H25N5O/c1-24(15-17-11-13-25(16-17)18-7-3-2-4-8-18)21(27)12-14-26-20-10-6-5-9-19(20)22-23-26/h2-10,17H,11-16H2,1H3/t17-/m1/s1. The first kappa shape index (κ1) is 17.5. The number of carbonyl (C=O) groups is 1. The van der Waals surface area contributed by atoms with Crippen molar-refractivity contribution in [2.75, 3.05) is 31.6 Å². The molecule has 0 bridgehead atoms. The number of rotatable bonds is 6. The zero-order chi connectivity index (χ0) is 18.6. The van der Waals surface area contributed by atoms with Gasteiger partial charge in [0.2, 0.25) is 5.91 Å². The van der Waals surface area contributed by atoms with Crippen molar-refractivity contribution >= 4 is 22.6 Å². The molecule has 1 amide bonds. The number of amides is 1. The summed E-state index contributed by atoms with van der Waals surface area (Å²) in [6.07, 6.45) is 1.57. The van der Waals surface area contributed by atoms with E-state index in [-0.39, 0.29) is 5.91 Å². The van der Waals surface area contributed by atoms with Crippen LogP contribution in [0.5, 0.6) is 0 Å². The van der Waals surface area contributed by atoms with Gasteiger partial charge < -0.3 is 9.80 Å². The molecule has 0 saturated carbocycles. The largest absolute Gasteiger partial charge is 0.371 e. The van der Waals surface area contributed by atoms with Gasteiger partial charge in [0.1, 0.15) is 5.52 Å². The summed E-state index contributed by atoms with van der Waals surface area (Å²) in [7, 11) is 1.91. The SMILES string of the molecule is CN(C[C@H]1CCN(c2ccccc2)C1)C(=O)CCn1nnc2ccccc21. The molecule has 0 aliphatic carbocycles. The Bertz CT molecular complexity index is 907. The maximum atomic E-state index is 12.6. The highest BCUT2D eigenvalue weighted by atomic mass is 16.2. The highest BCUT2D eigenvalue weighted by Crippen LogP contribution is 2.24. The number of benzene rings is 2. The predicted octanol–water partition coefficient (Wildman–Crippen LogP) is 2.81. The second-order valence-electron chi connectivity index (χ2n) is 7.26. The van der Waals surface area contributed by atoms with Gasteiger partial charge in [-0.2, -0.15) is 0 Å². The van der Waals surface area contributed by atoms with E-state index < -0.39 is 0 Å². The highest BCUT2D eigenvalue weighted by Gasteiger charge is 2.25. The van der Waals surface area contributed by atoms with E-state index in [9.17, 15) is 4.79 Å². The lowest BCUT2D eigenvalue weighted by molar-refractivity contribution is -0.130. The maximum Gasteiger partial charge on any atom is 0.224 e. The van der Waals surface area contributed by atoms with Crippen LogP contribution >= 0.6 is 0 Å². The Morgan fingerprint density at radius 2 is 1.93 bits per heavy atom. The first-order chi connectivity index (χ1) is 13.2. The van der Waals surface area contributed by atoms with E-state index in [4.69, 9.17) is 0 Å². The molecule has 4 rings (SSSR count). The second-order valence-corrected chi connectivity index (χ2v) is 7.26. The molecule has 0 spiro atoms. The minimum Gasteiger partial charge on any atom is -0.371 e. The number of aryl methyl sites for hydroxylation is 1. The number of fused-ring (bicyclic) bond motifs is 1. The molecule has 1 aliphatic heterocycles. The van der Waals surface area contributed by atoms with Crippen LogP contribution in [0.4, 0.5) is 5.69 Å². The van der Waals surface area contributed by atoms with Crippen LogP contribution in [0.15, 0.2) is 54.6 Å². The fourth-order valence-electron chi connectivity index (χ4n) is 3.82. The monoisotopic (exact) mass is 363 g/mol. The summed E-state index contributed by atoms with van der Waals surface area (Å²) < 4.78 is 1.81. The van der Waals surface area contributed by atoms with E-state index >= 15 is 0 Å². The fourth-order valence-corrected chi connectivity index (χ4v) is 3.82. The third-order valence-corrected chi connectivity index (χ3v) is 5.32. The van der Waals surface area contributed by atoms with Crippen molar-refractivity contribution in [1.29, 1.82) is 0 Å². The summed E-state index contributed by atoms with van der Waals surface area (Å²) in [4.78, 5) is 16.8. The lowest BCUT2D eigenvalue weighted by atomic mass is 10.1. The van der Waals surface area contributed by atoms with E-state index in [0.717, 1.165) is 37.1 Å². The molecule has 3 aromatic rings. The molecule has 140 valence electrons. The minimum atomic E-state index is 0.160. The minimum absolute atomic E-state index is 0.160. The summed E-state index contributed by atoms with van der Waals surface area (Å²) >= 11 is 0. The topological polar surface area (TPSA) is 54.3 Å². The smallest absolute Gasteiger partial charge is 0.224 e. The van der Waals surface area contributed by atoms with Crippen molar-refractivity contribution < 1.29 is 4.79 Å². The summed E-state index contributed by atoms with van der Waals surface area (Å²) in [5.41, 5.74) is 3.11. The molecule has 6 heteroatoms. The summed E-state index contributed by atoms with van der Waals surface area (Å²) in [6.45, 7) is 3.43. The Morgan fingerprint density at radius 3 is 2.78 bits per heavy atom. The van der Waals surface area contributed by atoms with Crippen LogP contribution in [0.25, 0.3) is 11.0 Å². The van der Waals surface area contributed by atoms with Crippen molar-refractivity contribution in [3.05, 3.63) is 54.6 Å². The highest BCUT2D eigenvalue weighted by molar-refractivity contribution is 5.77. The van der Waals surface area contributed by atoms with Gasteiger partial charge in [0.25, 0.3) is 0 Å². The third-order valence-electron chi connectivity index (χ3n) is 5.32. The van der Waals surface area contributed by atoms with Gasteiger partial charge in [0, 0.05) is 38.8 Å². The molecule has 2 aromatic carbocycles. The van der Waals surface area contributed by atoms with Gasteiger partial charge in [-0.05, 0) is 36.6 Å². The molecular weight excluding hydrogens is 338 g/mol. The van der Waals surface area contributed by atoms with Gasteiger partial charge in [-0.15, -0.1) is 5.10 Å². The number of nitrogens with zero attached hydrogens (tertiary/aromatic N) is 5. The Balaban J connectivity index is 1.28. The third kappa shape index (κ3) is 3.94. The molecule has 1 aliphatic rings. The first-order valence-electron chi connectivity index (χ1n) is 9.53. The number of para-hydroxylation sites is 2. The molecule has 0 unspecified atom stereocenters. The summed E-state index contributed by atoms with van der Waals surface area (Å²) in [6, 6.07) is 18.3. The van der Waals surface area contributed by atoms with Gasteiger partial charge in [0.05, 0.1) is 12.1 Å². The van der Waals surface area contributed by atoms with E-state index in [1.807, 2.05) is 47.0 Å². The molecule has 2 heterocycles. The van der Waals surface area contributed by atoms with Gasteiger partial charge in [-0.1, -0.05) is 35.5 Å². The van der Waals surface area contributed by atoms with Gasteiger partial charge in [0.15, 0.2) is 0 Å². The van der Waals surface area contributed by atoms with Crippen molar-refractivity contribution in [2.45, 2.75) is 19.4 Å². The van der Waals surface area contributed by atoms with E-state index in [1.165, 1.54) is 5.69 Å². The zero-order valence-corrected chi connectivity index (χ0v) is 15.7. The molecule has 0 radical (unpaired) electrons. The van der Waals surface area contributed by atoms with Crippen molar-refractivity contribution in [1.82, 2.24) is 19.9 Å². The lowest BCUT2D eigenvalue weighted by Gasteiger charge is -2.22. The Hall–Kier alpha value is -2.89. The predicted molar refractivity (Wildman–Crippen MR) is 107 cm³/mol. The van der Waals surface area contributed by atoms with Crippen LogP contribution < -0.4 is 4.90 Å². The van der Waals surface area contributed by atoms with Crippen molar-refractivity contribution in [3.63, 3.8) is 0 Å². The van der Waals surface area contributed by atoms with Crippen LogP contribution in [0, 0.1) is 5.92 Å². The van der Waals surface area contributed by atoms with Crippen molar-refractivity contribution in [2.24, 2.45) is 5.92 Å². The lowest BCUT2D eigenvalue weighted by Crippen LogP contribution is -2.33. The molecular formula is C21H25N5O. The van der Waals surface area contributed by atoms with Crippen LogP contribution in [0.3, 0.4) is 0 Å². The molecule has 6 nitrogen and oxygen atoms in total. The Morgan fingerprint density at radius 1 is 1.15 bits per heavy atom. The van der Waals surface area contributed by atoms with Crippen molar-refractivity contribution in [3.8, 4) is 0 Å². The average Bonchev–Trinajstić information content (AvgIpc) is 3.34. The average molecular weight is 363 g/mol. The first-order valence-corrected chi connectivity index (χ1v) is 9.53. The van der Waals surface area contributed by atoms with Crippen LogP contribution in [0.2, 0.25) is 0 Å². The van der Waals surface area contributed by atoms with E-state index in [2.05, 4.69) is 39.5 Å². The number of aromatic nitrogens is 3. The summed E-state index contributed by atoms with van der Waals surface area (Å²) in [5.74, 6) is 0.680.